The van der Waals surface area contributed by atoms with Crippen molar-refractivity contribution >= 4 is 40.7 Å². The maximum atomic E-state index is 14.4. The fourth-order valence-corrected chi connectivity index (χ4v) is 6.39. The number of nitrogens with zero attached hydrogens (tertiary/aromatic N) is 2. The van der Waals surface area contributed by atoms with E-state index in [1.54, 1.807) is 73.7 Å². The quantitative estimate of drug-likeness (QED) is 0.174. The number of methoxy groups -OCH3 is 1. The highest BCUT2D eigenvalue weighted by Crippen LogP contribution is 2.36. The van der Waals surface area contributed by atoms with Gasteiger partial charge in [0.2, 0.25) is 0 Å². The van der Waals surface area contributed by atoms with E-state index in [0.717, 1.165) is 0 Å². The van der Waals surface area contributed by atoms with E-state index in [-0.39, 0.29) is 30.2 Å². The lowest BCUT2D eigenvalue weighted by atomic mass is 9.93. The number of thiazole rings is 1. The van der Waals surface area contributed by atoms with Crippen LogP contribution in [0.15, 0.2) is 112 Å². The largest absolute Gasteiger partial charge is 0.493 e. The summed E-state index contributed by atoms with van der Waals surface area (Å²) in [4.78, 5) is 33.2. The number of hydrogen-bond donors (Lipinski definition) is 0. The Kier molecular flexibility index (Phi) is 9.14. The molecule has 1 atom stereocenters. The van der Waals surface area contributed by atoms with Crippen molar-refractivity contribution in [2.75, 3.05) is 13.7 Å². The zero-order valence-electron chi connectivity index (χ0n) is 24.9. The lowest BCUT2D eigenvalue weighted by molar-refractivity contribution is -0.138. The summed E-state index contributed by atoms with van der Waals surface area (Å²) < 4.78 is 33.4. The molecular formula is C36H28ClFN2O5S. The van der Waals surface area contributed by atoms with Gasteiger partial charge in [-0.15, -0.1) is 0 Å². The molecule has 0 aliphatic carbocycles. The van der Waals surface area contributed by atoms with Crippen LogP contribution >= 0.6 is 22.9 Å². The normalized spacial score (nSPS) is 14.4. The maximum absolute atomic E-state index is 14.4. The molecule has 0 radical (unpaired) electrons. The van der Waals surface area contributed by atoms with Crippen molar-refractivity contribution in [1.29, 1.82) is 0 Å². The lowest BCUT2D eigenvalue weighted by Crippen LogP contribution is -2.40. The predicted molar refractivity (Wildman–Crippen MR) is 176 cm³/mol. The summed E-state index contributed by atoms with van der Waals surface area (Å²) in [6.45, 7) is 1.83. The number of aromatic nitrogens is 1. The molecule has 4 aromatic carbocycles. The van der Waals surface area contributed by atoms with E-state index in [1.807, 2.05) is 30.3 Å². The minimum atomic E-state index is -0.841. The number of esters is 1. The summed E-state index contributed by atoms with van der Waals surface area (Å²) in [6.07, 6.45) is 1.69. The van der Waals surface area contributed by atoms with E-state index in [1.165, 1.54) is 29.1 Å². The fraction of sp³-hybridized carbons (Fsp3) is 0.139. The zero-order chi connectivity index (χ0) is 32.2. The second kappa shape index (κ2) is 13.6. The van der Waals surface area contributed by atoms with Gasteiger partial charge in [-0.1, -0.05) is 95.7 Å². The molecule has 46 heavy (non-hydrogen) atoms. The summed E-state index contributed by atoms with van der Waals surface area (Å²) in [5.41, 5.74) is 2.60. The van der Waals surface area contributed by atoms with Gasteiger partial charge in [0.25, 0.3) is 5.56 Å². The zero-order valence-corrected chi connectivity index (χ0v) is 26.5. The Hall–Kier alpha value is -4.99. The van der Waals surface area contributed by atoms with Gasteiger partial charge in [0, 0.05) is 21.7 Å². The fourth-order valence-electron chi connectivity index (χ4n) is 5.27. The SMILES string of the molecule is CCOC(=O)C1=C(c2ccccc2)N=c2s/c(=C\c3cccc(OC)c3OCc3ccccc3F)c(=O)n2[C@@H]1c1ccc(Cl)cc1. The van der Waals surface area contributed by atoms with E-state index in [4.69, 9.17) is 30.8 Å². The van der Waals surface area contributed by atoms with Gasteiger partial charge in [0.1, 0.15) is 12.4 Å². The highest BCUT2D eigenvalue weighted by Gasteiger charge is 2.35. The van der Waals surface area contributed by atoms with Gasteiger partial charge in [-0.3, -0.25) is 9.36 Å². The first-order valence-corrected chi connectivity index (χ1v) is 15.7. The van der Waals surface area contributed by atoms with Gasteiger partial charge in [-0.2, -0.15) is 0 Å². The molecule has 2 heterocycles. The minimum absolute atomic E-state index is 0.0466. The molecule has 7 nitrogen and oxygen atoms in total. The van der Waals surface area contributed by atoms with Crippen LogP contribution in [-0.4, -0.2) is 24.3 Å². The molecule has 0 unspecified atom stereocenters. The van der Waals surface area contributed by atoms with E-state index >= 15 is 0 Å². The van der Waals surface area contributed by atoms with Crippen molar-refractivity contribution in [3.05, 3.63) is 155 Å². The van der Waals surface area contributed by atoms with Crippen LogP contribution in [0, 0.1) is 5.82 Å². The summed E-state index contributed by atoms with van der Waals surface area (Å²) >= 11 is 7.41. The van der Waals surface area contributed by atoms with Crippen LogP contribution in [0.5, 0.6) is 11.5 Å². The number of carbonyl (C=O) groups excluding carboxylic acids is 1. The topological polar surface area (TPSA) is 79.1 Å². The van der Waals surface area contributed by atoms with Crippen molar-refractivity contribution in [3.8, 4) is 11.5 Å². The van der Waals surface area contributed by atoms with Crippen molar-refractivity contribution in [3.63, 3.8) is 0 Å². The summed E-state index contributed by atoms with van der Waals surface area (Å²) in [5, 5.41) is 0.516. The summed E-state index contributed by atoms with van der Waals surface area (Å²) in [7, 11) is 1.51. The minimum Gasteiger partial charge on any atom is -0.493 e. The monoisotopic (exact) mass is 654 g/mol. The molecule has 5 aromatic rings. The molecule has 0 bridgehead atoms. The maximum Gasteiger partial charge on any atom is 0.338 e. The highest BCUT2D eigenvalue weighted by molar-refractivity contribution is 7.07. The molecule has 0 fully saturated rings. The van der Waals surface area contributed by atoms with Crippen LogP contribution in [0.4, 0.5) is 4.39 Å². The van der Waals surface area contributed by atoms with Crippen molar-refractivity contribution in [2.45, 2.75) is 19.6 Å². The molecule has 0 spiro atoms. The number of rotatable bonds is 9. The highest BCUT2D eigenvalue weighted by atomic mass is 35.5. The van der Waals surface area contributed by atoms with Crippen LogP contribution in [-0.2, 0) is 16.1 Å². The average Bonchev–Trinajstić information content (AvgIpc) is 3.38. The lowest BCUT2D eigenvalue weighted by Gasteiger charge is -2.26. The summed E-state index contributed by atoms with van der Waals surface area (Å²) in [5.74, 6) is -0.185. The van der Waals surface area contributed by atoms with Crippen LogP contribution in [0.25, 0.3) is 11.8 Å². The molecule has 1 aliphatic rings. The molecule has 0 saturated carbocycles. The molecule has 232 valence electrons. The molecule has 6 rings (SSSR count). The number of ether oxygens (including phenoxy) is 3. The van der Waals surface area contributed by atoms with Crippen molar-refractivity contribution in [1.82, 2.24) is 4.57 Å². The first kappa shape index (κ1) is 31.0. The Morgan fingerprint density at radius 1 is 1.00 bits per heavy atom. The van der Waals surface area contributed by atoms with Gasteiger partial charge in [-0.05, 0) is 42.8 Å². The number of hydrogen-bond acceptors (Lipinski definition) is 7. The third kappa shape index (κ3) is 6.11. The van der Waals surface area contributed by atoms with Crippen LogP contribution in [0.1, 0.15) is 35.2 Å². The van der Waals surface area contributed by atoms with E-state index in [2.05, 4.69) is 0 Å². The third-order valence-corrected chi connectivity index (χ3v) is 8.64. The Morgan fingerprint density at radius 2 is 1.74 bits per heavy atom. The van der Waals surface area contributed by atoms with Gasteiger partial charge in [-0.25, -0.2) is 14.2 Å². The summed E-state index contributed by atoms with van der Waals surface area (Å²) in [6, 6.07) is 27.1. The smallest absolute Gasteiger partial charge is 0.338 e. The second-order valence-corrected chi connectivity index (χ2v) is 11.7. The standard InChI is InChI=1S/C36H28ClFN2O5S/c1-3-44-35(42)30-31(22-10-5-4-6-11-22)39-36-40(32(30)23-16-18-26(37)19-17-23)34(41)29(46-36)20-24-13-9-15-28(43-2)33(24)45-21-25-12-7-8-14-27(25)38/h4-20,32H,3,21H2,1-2H3/b29-20-/t32-/m1/s1. The predicted octanol–water partition coefficient (Wildman–Crippen LogP) is 6.32. The van der Waals surface area contributed by atoms with Gasteiger partial charge in [0.05, 0.1) is 35.6 Å². The van der Waals surface area contributed by atoms with Crippen LogP contribution in [0.2, 0.25) is 5.02 Å². The molecule has 1 aromatic heterocycles. The third-order valence-electron chi connectivity index (χ3n) is 7.41. The number of carbonyl (C=O) groups is 1. The second-order valence-electron chi connectivity index (χ2n) is 10.2. The number of halogens is 2. The van der Waals surface area contributed by atoms with Crippen molar-refractivity contribution in [2.24, 2.45) is 4.99 Å². The molecule has 1 aliphatic heterocycles. The first-order valence-electron chi connectivity index (χ1n) is 14.5. The Labute approximate surface area is 273 Å². The number of benzene rings is 4. The average molecular weight is 655 g/mol. The first-order chi connectivity index (χ1) is 22.4. The Bertz CT molecular complexity index is 2120. The van der Waals surface area contributed by atoms with E-state index < -0.39 is 12.0 Å². The molecular weight excluding hydrogens is 627 g/mol. The number of para-hydroxylation sites is 1. The molecule has 10 heteroatoms. The van der Waals surface area contributed by atoms with Crippen molar-refractivity contribution < 1.29 is 23.4 Å². The molecule has 0 saturated heterocycles. The molecule has 0 N–H and O–H groups in total. The Balaban J connectivity index is 1.55. The van der Waals surface area contributed by atoms with Gasteiger partial charge < -0.3 is 14.2 Å². The van der Waals surface area contributed by atoms with Gasteiger partial charge >= 0.3 is 5.97 Å². The molecule has 0 amide bonds. The van der Waals surface area contributed by atoms with E-state index in [0.29, 0.717) is 53.8 Å². The van der Waals surface area contributed by atoms with Crippen LogP contribution < -0.4 is 24.4 Å². The van der Waals surface area contributed by atoms with Gasteiger partial charge in [0.15, 0.2) is 16.3 Å². The van der Waals surface area contributed by atoms with Crippen LogP contribution in [0.3, 0.4) is 0 Å². The Morgan fingerprint density at radius 3 is 2.46 bits per heavy atom. The number of fused-ring (bicyclic) bond motifs is 1. The van der Waals surface area contributed by atoms with E-state index in [9.17, 15) is 14.0 Å².